The zero-order valence-electron chi connectivity index (χ0n) is 17.7. The molecule has 1 aromatic heterocycles. The van der Waals surface area contributed by atoms with Crippen LogP contribution in [0.2, 0.25) is 0 Å². The van der Waals surface area contributed by atoms with Gasteiger partial charge in [-0.2, -0.15) is 18.3 Å². The number of carbonyl (C=O) groups is 1. The highest BCUT2D eigenvalue weighted by Gasteiger charge is 2.47. The number of phenols is 1. The molecule has 2 heterocycles. The Kier molecular flexibility index (Phi) is 5.79. The van der Waals surface area contributed by atoms with E-state index in [0.29, 0.717) is 22.7 Å². The lowest BCUT2D eigenvalue weighted by atomic mass is 9.96. The number of phenolic OH excluding ortho intramolecular Hbond substituents is 1. The van der Waals surface area contributed by atoms with E-state index < -0.39 is 24.2 Å². The summed E-state index contributed by atoms with van der Waals surface area (Å²) in [5.74, 6) is 0.0415. The first kappa shape index (κ1) is 22.3. The Labute approximate surface area is 186 Å². The van der Waals surface area contributed by atoms with Crippen molar-refractivity contribution in [1.82, 2.24) is 9.78 Å². The molecule has 1 aliphatic rings. The van der Waals surface area contributed by atoms with Crippen molar-refractivity contribution >= 4 is 17.4 Å². The average molecular weight is 462 g/mol. The van der Waals surface area contributed by atoms with Crippen molar-refractivity contribution in [3.05, 3.63) is 59.8 Å². The number of halogens is 3. The van der Waals surface area contributed by atoms with E-state index in [-0.39, 0.29) is 23.6 Å². The van der Waals surface area contributed by atoms with Crippen LogP contribution >= 0.6 is 0 Å². The van der Waals surface area contributed by atoms with Crippen molar-refractivity contribution < 1.29 is 32.5 Å². The van der Waals surface area contributed by atoms with Gasteiger partial charge in [-0.3, -0.25) is 4.79 Å². The molecule has 8 nitrogen and oxygen atoms in total. The molecule has 2 atom stereocenters. The van der Waals surface area contributed by atoms with Gasteiger partial charge in [0.15, 0.2) is 17.5 Å². The molecule has 0 saturated carbocycles. The quantitative estimate of drug-likeness (QED) is 0.516. The number of methoxy groups -OCH3 is 2. The van der Waals surface area contributed by atoms with Crippen molar-refractivity contribution in [1.29, 1.82) is 0 Å². The number of benzene rings is 2. The van der Waals surface area contributed by atoms with Gasteiger partial charge in [-0.1, -0.05) is 12.1 Å². The number of nitrogens with one attached hydrogen (secondary N) is 2. The van der Waals surface area contributed by atoms with Gasteiger partial charge < -0.3 is 25.2 Å². The minimum absolute atomic E-state index is 0.0546. The molecule has 1 amide bonds. The number of amides is 1. The molecule has 33 heavy (non-hydrogen) atoms. The van der Waals surface area contributed by atoms with Crippen molar-refractivity contribution in [3.63, 3.8) is 0 Å². The molecule has 4 rings (SSSR count). The second-order valence-corrected chi connectivity index (χ2v) is 7.46. The molecule has 3 aromatic rings. The molecule has 3 N–H and O–H groups in total. The molecule has 0 aliphatic carbocycles. The summed E-state index contributed by atoms with van der Waals surface area (Å²) in [5.41, 5.74) is 0.769. The van der Waals surface area contributed by atoms with Crippen molar-refractivity contribution in [2.45, 2.75) is 24.7 Å². The van der Waals surface area contributed by atoms with E-state index in [9.17, 15) is 23.1 Å². The minimum atomic E-state index is -4.59. The first-order valence-electron chi connectivity index (χ1n) is 9.94. The maximum absolute atomic E-state index is 13.9. The first-order valence-corrected chi connectivity index (χ1v) is 9.94. The molecular formula is C22H21F3N4O4. The monoisotopic (exact) mass is 462 g/mol. The lowest BCUT2D eigenvalue weighted by Gasteiger charge is -2.34. The number of fused-ring (bicyclic) bond motifs is 1. The fourth-order valence-electron chi connectivity index (χ4n) is 3.80. The van der Waals surface area contributed by atoms with E-state index in [1.165, 1.54) is 32.4 Å². The van der Waals surface area contributed by atoms with E-state index in [1.807, 2.05) is 0 Å². The van der Waals surface area contributed by atoms with E-state index in [2.05, 4.69) is 15.7 Å². The Morgan fingerprint density at radius 1 is 1.18 bits per heavy atom. The number of rotatable bonds is 5. The number of ether oxygens (including phenoxy) is 2. The molecule has 0 saturated heterocycles. The Hall–Kier alpha value is -3.89. The summed E-state index contributed by atoms with van der Waals surface area (Å²) in [5, 5.41) is 19.0. The van der Waals surface area contributed by atoms with Gasteiger partial charge in [0.05, 0.1) is 26.5 Å². The largest absolute Gasteiger partial charge is 0.508 e. The molecule has 11 heteroatoms. The molecular weight excluding hydrogens is 441 g/mol. The van der Waals surface area contributed by atoms with Crippen LogP contribution < -0.4 is 20.1 Å². The van der Waals surface area contributed by atoms with Gasteiger partial charge in [0.2, 0.25) is 0 Å². The first-order chi connectivity index (χ1) is 15.7. The van der Waals surface area contributed by atoms with Crippen LogP contribution in [0.5, 0.6) is 17.2 Å². The maximum Gasteiger partial charge on any atom is 0.410 e. The van der Waals surface area contributed by atoms with Crippen molar-refractivity contribution in [2.24, 2.45) is 0 Å². The van der Waals surface area contributed by atoms with Gasteiger partial charge >= 0.3 is 6.18 Å². The van der Waals surface area contributed by atoms with Crippen LogP contribution in [0, 0.1) is 0 Å². The van der Waals surface area contributed by atoms with Gasteiger partial charge in [0.1, 0.15) is 17.1 Å². The highest BCUT2D eigenvalue weighted by Crippen LogP contribution is 2.45. The number of nitrogens with zero attached hydrogens (tertiary/aromatic N) is 2. The lowest BCUT2D eigenvalue weighted by molar-refractivity contribution is -0.173. The van der Waals surface area contributed by atoms with E-state index in [1.54, 1.807) is 24.3 Å². The topological polar surface area (TPSA) is 97.6 Å². The summed E-state index contributed by atoms with van der Waals surface area (Å²) in [4.78, 5) is 12.8. The van der Waals surface area contributed by atoms with Crippen molar-refractivity contribution in [3.8, 4) is 17.2 Å². The Morgan fingerprint density at radius 3 is 2.61 bits per heavy atom. The van der Waals surface area contributed by atoms with Crippen LogP contribution in [0.3, 0.4) is 0 Å². The normalized spacial score (nSPS) is 17.6. The zero-order chi connectivity index (χ0) is 23.8. The predicted octanol–water partition coefficient (Wildman–Crippen LogP) is 4.52. The standard InChI is InChI=1S/C22H21F3N4O4/c1-32-17-7-6-12(8-18(17)33-2)16-10-19(22(23,24)25)29-20(28-16)15(11-26-29)21(31)27-13-4-3-5-14(30)9-13/h3-9,11,16,19,28,30H,10H2,1-2H3,(H,27,31). The summed E-state index contributed by atoms with van der Waals surface area (Å²) < 4.78 is 53.0. The second-order valence-electron chi connectivity index (χ2n) is 7.46. The van der Waals surface area contributed by atoms with Crippen LogP contribution in [0.15, 0.2) is 48.7 Å². The number of hydrogen-bond acceptors (Lipinski definition) is 6. The van der Waals surface area contributed by atoms with Gasteiger partial charge in [0.25, 0.3) is 5.91 Å². The summed E-state index contributed by atoms with van der Waals surface area (Å²) in [6.45, 7) is 0. The number of aromatic nitrogens is 2. The Bertz CT molecular complexity index is 1180. The van der Waals surface area contributed by atoms with Gasteiger partial charge in [-0.15, -0.1) is 0 Å². The molecule has 0 fully saturated rings. The number of anilines is 2. The third kappa shape index (κ3) is 4.38. The van der Waals surface area contributed by atoms with Crippen LogP contribution in [0.1, 0.15) is 34.4 Å². The molecule has 2 aromatic carbocycles. The fraction of sp³-hybridized carbons (Fsp3) is 0.273. The average Bonchev–Trinajstić information content (AvgIpc) is 3.21. The third-order valence-corrected chi connectivity index (χ3v) is 5.40. The second kappa shape index (κ2) is 8.57. The number of carbonyl (C=O) groups excluding carboxylic acids is 1. The van der Waals surface area contributed by atoms with Gasteiger partial charge in [-0.05, 0) is 29.8 Å². The number of alkyl halides is 3. The Balaban J connectivity index is 1.70. The van der Waals surface area contributed by atoms with Crippen molar-refractivity contribution in [2.75, 3.05) is 24.9 Å². The van der Waals surface area contributed by atoms with Crippen LogP contribution in [0.25, 0.3) is 0 Å². The summed E-state index contributed by atoms with van der Waals surface area (Å²) >= 11 is 0. The van der Waals surface area contributed by atoms with Crippen LogP contribution in [-0.4, -0.2) is 41.2 Å². The van der Waals surface area contributed by atoms with Gasteiger partial charge in [-0.25, -0.2) is 4.68 Å². The van der Waals surface area contributed by atoms with E-state index in [4.69, 9.17) is 9.47 Å². The van der Waals surface area contributed by atoms with Crippen LogP contribution in [-0.2, 0) is 0 Å². The SMILES string of the molecule is COc1ccc(C2CC(C(F)(F)F)n3ncc(C(=O)Nc4cccc(O)c4)c3N2)cc1OC. The smallest absolute Gasteiger partial charge is 0.410 e. The summed E-state index contributed by atoms with van der Waals surface area (Å²) in [6, 6.07) is 7.98. The number of aromatic hydroxyl groups is 1. The molecule has 0 spiro atoms. The zero-order valence-corrected chi connectivity index (χ0v) is 17.7. The third-order valence-electron chi connectivity index (χ3n) is 5.40. The molecule has 1 aliphatic heterocycles. The molecule has 0 radical (unpaired) electrons. The Morgan fingerprint density at radius 2 is 1.94 bits per heavy atom. The molecule has 0 bridgehead atoms. The highest BCUT2D eigenvalue weighted by atomic mass is 19.4. The highest BCUT2D eigenvalue weighted by molar-refractivity contribution is 6.07. The maximum atomic E-state index is 13.9. The van der Waals surface area contributed by atoms with Crippen LogP contribution in [0.4, 0.5) is 24.7 Å². The van der Waals surface area contributed by atoms with Gasteiger partial charge in [0, 0.05) is 18.2 Å². The van der Waals surface area contributed by atoms with E-state index >= 15 is 0 Å². The van der Waals surface area contributed by atoms with E-state index in [0.717, 1.165) is 10.9 Å². The summed E-state index contributed by atoms with van der Waals surface area (Å²) in [7, 11) is 2.90. The molecule has 2 unspecified atom stereocenters. The lowest BCUT2D eigenvalue weighted by Crippen LogP contribution is -2.36. The predicted molar refractivity (Wildman–Crippen MR) is 114 cm³/mol. The minimum Gasteiger partial charge on any atom is -0.508 e. The summed E-state index contributed by atoms with van der Waals surface area (Å²) in [6.07, 6.45) is -3.83. The molecule has 174 valence electrons. The fourth-order valence-corrected chi connectivity index (χ4v) is 3.80. The number of hydrogen-bond donors (Lipinski definition) is 3.